The summed E-state index contributed by atoms with van der Waals surface area (Å²) in [6.07, 6.45) is 5.12. The molecule has 0 amide bonds. The lowest BCUT2D eigenvalue weighted by atomic mass is 10.2. The quantitative estimate of drug-likeness (QED) is 0.881. The molecular formula is C12H13BrN4O2. The number of halogens is 1. The van der Waals surface area contributed by atoms with Crippen LogP contribution in [0.1, 0.15) is 17.3 Å². The second kappa shape index (κ2) is 5.83. The molecule has 2 rings (SSSR count). The lowest BCUT2D eigenvalue weighted by molar-refractivity contribution is 0.0697. The van der Waals surface area contributed by atoms with Crippen molar-refractivity contribution < 1.29 is 9.90 Å². The van der Waals surface area contributed by atoms with Gasteiger partial charge < -0.3 is 10.4 Å². The van der Waals surface area contributed by atoms with E-state index in [0.717, 1.165) is 0 Å². The van der Waals surface area contributed by atoms with Crippen LogP contribution in [-0.4, -0.2) is 31.9 Å². The molecule has 19 heavy (non-hydrogen) atoms. The number of rotatable bonds is 5. The zero-order chi connectivity index (χ0) is 13.8. The molecule has 0 aliphatic heterocycles. The number of hydrogen-bond donors (Lipinski definition) is 2. The van der Waals surface area contributed by atoms with Crippen LogP contribution < -0.4 is 5.32 Å². The van der Waals surface area contributed by atoms with Gasteiger partial charge in [0.1, 0.15) is 11.4 Å². The van der Waals surface area contributed by atoms with Crippen LogP contribution in [0.15, 0.2) is 35.2 Å². The molecule has 0 aliphatic carbocycles. The molecule has 2 aromatic rings. The van der Waals surface area contributed by atoms with Crippen LogP contribution in [0.2, 0.25) is 0 Å². The summed E-state index contributed by atoms with van der Waals surface area (Å²) < 4.78 is 2.41. The molecule has 0 saturated carbocycles. The van der Waals surface area contributed by atoms with Gasteiger partial charge in [-0.2, -0.15) is 5.10 Å². The van der Waals surface area contributed by atoms with E-state index < -0.39 is 5.97 Å². The number of pyridine rings is 1. The van der Waals surface area contributed by atoms with Crippen LogP contribution in [0.3, 0.4) is 0 Å². The highest BCUT2D eigenvalue weighted by Crippen LogP contribution is 2.18. The molecule has 7 heteroatoms. The van der Waals surface area contributed by atoms with Gasteiger partial charge in [-0.15, -0.1) is 0 Å². The Bertz CT molecular complexity index is 571. The van der Waals surface area contributed by atoms with E-state index >= 15 is 0 Å². The third-order valence-corrected chi connectivity index (χ3v) is 2.92. The Morgan fingerprint density at radius 2 is 2.42 bits per heavy atom. The van der Waals surface area contributed by atoms with Gasteiger partial charge in [-0.05, 0) is 35.0 Å². The van der Waals surface area contributed by atoms with Crippen molar-refractivity contribution >= 4 is 27.7 Å². The first-order valence-corrected chi connectivity index (χ1v) is 6.48. The topological polar surface area (TPSA) is 80.0 Å². The van der Waals surface area contributed by atoms with Crippen LogP contribution in [-0.2, 0) is 6.54 Å². The van der Waals surface area contributed by atoms with Crippen molar-refractivity contribution in [2.45, 2.75) is 19.5 Å². The van der Waals surface area contributed by atoms with E-state index in [2.05, 4.69) is 31.3 Å². The van der Waals surface area contributed by atoms with Crippen LogP contribution >= 0.6 is 15.9 Å². The second-order valence-corrected chi connectivity index (χ2v) is 5.04. The monoisotopic (exact) mass is 324 g/mol. The Morgan fingerprint density at radius 1 is 1.63 bits per heavy atom. The fourth-order valence-corrected chi connectivity index (χ4v) is 2.02. The Labute approximate surface area is 118 Å². The molecule has 0 aromatic carbocycles. The molecule has 0 saturated heterocycles. The minimum atomic E-state index is -1.01. The van der Waals surface area contributed by atoms with Gasteiger partial charge in [-0.1, -0.05) is 0 Å². The molecule has 0 bridgehead atoms. The van der Waals surface area contributed by atoms with Crippen LogP contribution in [0.5, 0.6) is 0 Å². The predicted octanol–water partition coefficient (Wildman–Crippen LogP) is 2.24. The molecule has 0 radical (unpaired) electrons. The van der Waals surface area contributed by atoms with Gasteiger partial charge in [0.15, 0.2) is 0 Å². The van der Waals surface area contributed by atoms with E-state index in [9.17, 15) is 4.79 Å². The van der Waals surface area contributed by atoms with Gasteiger partial charge in [0.25, 0.3) is 0 Å². The molecule has 2 N–H and O–H groups in total. The zero-order valence-corrected chi connectivity index (χ0v) is 11.8. The van der Waals surface area contributed by atoms with Crippen molar-refractivity contribution in [2.24, 2.45) is 0 Å². The number of anilines is 1. The number of aromatic nitrogens is 3. The molecule has 0 aliphatic rings. The highest BCUT2D eigenvalue weighted by Gasteiger charge is 2.14. The van der Waals surface area contributed by atoms with Gasteiger partial charge in [0.05, 0.1) is 6.54 Å². The number of carbonyl (C=O) groups is 1. The lowest BCUT2D eigenvalue weighted by Crippen LogP contribution is -2.24. The average Bonchev–Trinajstić information content (AvgIpc) is 2.83. The number of nitrogens with zero attached hydrogens (tertiary/aromatic N) is 3. The maximum atomic E-state index is 11.2. The molecule has 1 atom stereocenters. The summed E-state index contributed by atoms with van der Waals surface area (Å²) in [5.74, 6) is -0.655. The van der Waals surface area contributed by atoms with Gasteiger partial charge in [-0.25, -0.2) is 9.78 Å². The summed E-state index contributed by atoms with van der Waals surface area (Å²) in [4.78, 5) is 15.3. The summed E-state index contributed by atoms with van der Waals surface area (Å²) in [7, 11) is 0. The summed E-state index contributed by atoms with van der Waals surface area (Å²) in [5, 5.41) is 16.3. The van der Waals surface area contributed by atoms with Crippen molar-refractivity contribution in [2.75, 3.05) is 5.32 Å². The minimum absolute atomic E-state index is 0.00618. The molecule has 6 nitrogen and oxygen atoms in total. The van der Waals surface area contributed by atoms with E-state index in [4.69, 9.17) is 5.11 Å². The van der Waals surface area contributed by atoms with Crippen molar-refractivity contribution in [3.63, 3.8) is 0 Å². The second-order valence-electron chi connectivity index (χ2n) is 4.13. The summed E-state index contributed by atoms with van der Waals surface area (Å²) in [5.41, 5.74) is 0.140. The first kappa shape index (κ1) is 13.5. The number of carboxylic acid groups (broad SMARTS) is 1. The normalized spacial score (nSPS) is 12.1. The predicted molar refractivity (Wildman–Crippen MR) is 74.2 cm³/mol. The highest BCUT2D eigenvalue weighted by atomic mass is 79.9. The minimum Gasteiger partial charge on any atom is -0.478 e. The molecule has 100 valence electrons. The third-order valence-electron chi connectivity index (χ3n) is 2.49. The standard InChI is InChI=1S/C12H13BrN4O2/c1-8(7-17-4-2-3-15-17)16-11-10(12(18)19)5-9(13)6-14-11/h2-6,8H,7H2,1H3,(H,14,16)(H,18,19). The summed E-state index contributed by atoms with van der Waals surface area (Å²) in [6, 6.07) is 3.37. The van der Waals surface area contributed by atoms with Gasteiger partial charge in [0.2, 0.25) is 0 Å². The van der Waals surface area contributed by atoms with Crippen LogP contribution in [0.4, 0.5) is 5.82 Å². The Kier molecular flexibility index (Phi) is 4.16. The first-order chi connectivity index (χ1) is 9.06. The van der Waals surface area contributed by atoms with Crippen molar-refractivity contribution in [3.05, 3.63) is 40.8 Å². The molecule has 2 aromatic heterocycles. The van der Waals surface area contributed by atoms with E-state index in [1.54, 1.807) is 17.1 Å². The van der Waals surface area contributed by atoms with E-state index in [1.165, 1.54) is 6.07 Å². The molecule has 2 heterocycles. The van der Waals surface area contributed by atoms with Crippen LogP contribution in [0, 0.1) is 0 Å². The average molecular weight is 325 g/mol. The largest absolute Gasteiger partial charge is 0.478 e. The fraction of sp³-hybridized carbons (Fsp3) is 0.250. The summed E-state index contributed by atoms with van der Waals surface area (Å²) in [6.45, 7) is 2.57. The third kappa shape index (κ3) is 3.54. The SMILES string of the molecule is CC(Cn1cccn1)Nc1ncc(Br)cc1C(=O)O. The number of aromatic carboxylic acids is 1. The Balaban J connectivity index is 2.12. The van der Waals surface area contributed by atoms with Crippen LogP contribution in [0.25, 0.3) is 0 Å². The number of carboxylic acids is 1. The van der Waals surface area contributed by atoms with Crippen molar-refractivity contribution in [1.82, 2.24) is 14.8 Å². The van der Waals surface area contributed by atoms with Crippen molar-refractivity contribution in [3.8, 4) is 0 Å². The number of nitrogens with one attached hydrogen (secondary N) is 1. The van der Waals surface area contributed by atoms with E-state index in [0.29, 0.717) is 16.8 Å². The van der Waals surface area contributed by atoms with Gasteiger partial charge in [-0.3, -0.25) is 4.68 Å². The number of hydrogen-bond acceptors (Lipinski definition) is 4. The summed E-state index contributed by atoms with van der Waals surface area (Å²) >= 11 is 3.21. The van der Waals surface area contributed by atoms with Crippen molar-refractivity contribution in [1.29, 1.82) is 0 Å². The molecule has 1 unspecified atom stereocenters. The maximum absolute atomic E-state index is 11.2. The van der Waals surface area contributed by atoms with E-state index in [-0.39, 0.29) is 11.6 Å². The van der Waals surface area contributed by atoms with E-state index in [1.807, 2.05) is 19.2 Å². The van der Waals surface area contributed by atoms with Gasteiger partial charge in [0, 0.05) is 29.1 Å². The fourth-order valence-electron chi connectivity index (χ4n) is 1.69. The molecular weight excluding hydrogens is 312 g/mol. The first-order valence-electron chi connectivity index (χ1n) is 5.69. The molecule has 0 spiro atoms. The highest BCUT2D eigenvalue weighted by molar-refractivity contribution is 9.10. The maximum Gasteiger partial charge on any atom is 0.339 e. The van der Waals surface area contributed by atoms with Gasteiger partial charge >= 0.3 is 5.97 Å². The lowest BCUT2D eigenvalue weighted by Gasteiger charge is -2.16. The zero-order valence-electron chi connectivity index (χ0n) is 10.2. The Morgan fingerprint density at radius 3 is 3.05 bits per heavy atom. The smallest absolute Gasteiger partial charge is 0.339 e. The molecule has 0 fully saturated rings. The Hall–Kier alpha value is -1.89.